The van der Waals surface area contributed by atoms with Crippen molar-refractivity contribution in [2.45, 2.75) is 64.7 Å². The largest absolute Gasteiger partial charge is 0.378 e. The summed E-state index contributed by atoms with van der Waals surface area (Å²) >= 11 is 0. The first-order chi connectivity index (χ1) is 9.83. The van der Waals surface area contributed by atoms with Crippen molar-refractivity contribution >= 4 is 11.5 Å². The fourth-order valence-electron chi connectivity index (χ4n) is 2.30. The molecule has 0 fully saturated rings. The highest BCUT2D eigenvalue weighted by atomic mass is 16.1. The number of rotatable bonds is 12. The second kappa shape index (κ2) is 11.5. The third-order valence-electron chi connectivity index (χ3n) is 3.57. The first-order valence-corrected chi connectivity index (χ1v) is 8.13. The van der Waals surface area contributed by atoms with Gasteiger partial charge in [0.2, 0.25) is 0 Å². The van der Waals surface area contributed by atoms with Crippen molar-refractivity contribution in [1.29, 1.82) is 0 Å². The van der Waals surface area contributed by atoms with Crippen LogP contribution in [0.1, 0.15) is 64.7 Å². The van der Waals surface area contributed by atoms with Crippen molar-refractivity contribution in [2.75, 3.05) is 11.9 Å². The van der Waals surface area contributed by atoms with Crippen molar-refractivity contribution in [3.8, 4) is 0 Å². The number of para-hydroxylation sites is 1. The third-order valence-corrected chi connectivity index (χ3v) is 3.57. The minimum Gasteiger partial charge on any atom is -0.378 e. The number of carbonyl (C=O) groups is 1. The fraction of sp³-hybridized carbons (Fsp3) is 0.611. The summed E-state index contributed by atoms with van der Waals surface area (Å²) in [6, 6.07) is 9.91. The highest BCUT2D eigenvalue weighted by Crippen LogP contribution is 2.10. The summed E-state index contributed by atoms with van der Waals surface area (Å²) in [6.45, 7) is 2.70. The molecule has 1 aromatic carbocycles. The van der Waals surface area contributed by atoms with Gasteiger partial charge in [-0.05, 0) is 18.6 Å². The van der Waals surface area contributed by atoms with Gasteiger partial charge in [0.1, 0.15) is 0 Å². The maximum absolute atomic E-state index is 11.7. The van der Waals surface area contributed by atoms with Gasteiger partial charge < -0.3 is 5.32 Å². The second-order valence-corrected chi connectivity index (χ2v) is 5.48. The Labute approximate surface area is 124 Å². The number of hydrogen-bond donors (Lipinski definition) is 1. The molecule has 1 rings (SSSR count). The van der Waals surface area contributed by atoms with E-state index in [1.54, 1.807) is 0 Å². The van der Waals surface area contributed by atoms with Crippen LogP contribution in [0.25, 0.3) is 0 Å². The molecule has 0 aromatic heterocycles. The van der Waals surface area contributed by atoms with E-state index in [0.29, 0.717) is 12.3 Å². The normalized spacial score (nSPS) is 10.4. The number of ketones is 1. The number of carbonyl (C=O) groups excluding carboxylic acids is 1. The van der Waals surface area contributed by atoms with Gasteiger partial charge in [0.15, 0.2) is 5.78 Å². The third kappa shape index (κ3) is 8.73. The predicted molar refractivity (Wildman–Crippen MR) is 87.2 cm³/mol. The molecule has 0 amide bonds. The zero-order valence-corrected chi connectivity index (χ0v) is 12.9. The van der Waals surface area contributed by atoms with Crippen LogP contribution >= 0.6 is 0 Å². The number of Topliss-reactive ketones (excluding diaryl/α,β-unsaturated/α-hetero) is 1. The van der Waals surface area contributed by atoms with Crippen molar-refractivity contribution < 1.29 is 4.79 Å². The zero-order valence-electron chi connectivity index (χ0n) is 12.9. The number of benzene rings is 1. The molecule has 0 unspecified atom stereocenters. The Kier molecular flexibility index (Phi) is 9.64. The Morgan fingerprint density at radius 3 is 2.15 bits per heavy atom. The monoisotopic (exact) mass is 275 g/mol. The van der Waals surface area contributed by atoms with Gasteiger partial charge in [-0.2, -0.15) is 0 Å². The van der Waals surface area contributed by atoms with Crippen molar-refractivity contribution in [2.24, 2.45) is 0 Å². The van der Waals surface area contributed by atoms with Crippen LogP contribution in [-0.4, -0.2) is 12.3 Å². The number of anilines is 1. The topological polar surface area (TPSA) is 29.1 Å². The van der Waals surface area contributed by atoms with Crippen molar-refractivity contribution in [1.82, 2.24) is 0 Å². The summed E-state index contributed by atoms with van der Waals surface area (Å²) in [7, 11) is 0. The first kappa shape index (κ1) is 16.7. The van der Waals surface area contributed by atoms with E-state index in [2.05, 4.69) is 12.2 Å². The van der Waals surface area contributed by atoms with Crippen LogP contribution in [-0.2, 0) is 4.79 Å². The van der Waals surface area contributed by atoms with Crippen LogP contribution in [0.5, 0.6) is 0 Å². The van der Waals surface area contributed by atoms with Gasteiger partial charge >= 0.3 is 0 Å². The molecule has 0 radical (unpaired) electrons. The van der Waals surface area contributed by atoms with Crippen LogP contribution in [0.4, 0.5) is 5.69 Å². The molecule has 112 valence electrons. The molecule has 1 aromatic rings. The van der Waals surface area contributed by atoms with Crippen LogP contribution in [0.3, 0.4) is 0 Å². The Hall–Kier alpha value is -1.31. The average Bonchev–Trinajstić information content (AvgIpc) is 2.49. The standard InChI is InChI=1S/C18H29NO/c1-2-3-4-5-6-7-8-12-15-18(20)16-19-17-13-10-9-11-14-17/h9-11,13-14,19H,2-8,12,15-16H2,1H3. The molecule has 1 N–H and O–H groups in total. The molecule has 20 heavy (non-hydrogen) atoms. The summed E-state index contributed by atoms with van der Waals surface area (Å²) in [4.78, 5) is 11.7. The molecular weight excluding hydrogens is 246 g/mol. The average molecular weight is 275 g/mol. The summed E-state index contributed by atoms with van der Waals surface area (Å²) in [6.07, 6.45) is 11.0. The van der Waals surface area contributed by atoms with E-state index in [1.807, 2.05) is 30.3 Å². The molecule has 0 aliphatic heterocycles. The Balaban J connectivity index is 1.93. The number of nitrogens with one attached hydrogen (secondary N) is 1. The summed E-state index contributed by atoms with van der Waals surface area (Å²) in [5.41, 5.74) is 1.02. The van der Waals surface area contributed by atoms with Gasteiger partial charge in [-0.1, -0.05) is 70.1 Å². The van der Waals surface area contributed by atoms with E-state index >= 15 is 0 Å². The molecule has 2 nitrogen and oxygen atoms in total. The predicted octanol–water partition coefficient (Wildman–Crippen LogP) is 5.20. The molecular formula is C18H29NO. The molecule has 0 bridgehead atoms. The maximum Gasteiger partial charge on any atom is 0.151 e. The highest BCUT2D eigenvalue weighted by Gasteiger charge is 2.01. The van der Waals surface area contributed by atoms with E-state index < -0.39 is 0 Å². The van der Waals surface area contributed by atoms with Gasteiger partial charge in [-0.25, -0.2) is 0 Å². The van der Waals surface area contributed by atoms with Crippen molar-refractivity contribution in [3.05, 3.63) is 30.3 Å². The van der Waals surface area contributed by atoms with Crippen LogP contribution in [0.2, 0.25) is 0 Å². The van der Waals surface area contributed by atoms with Crippen LogP contribution in [0, 0.1) is 0 Å². The number of unbranched alkanes of at least 4 members (excludes halogenated alkanes) is 7. The Morgan fingerprint density at radius 1 is 0.900 bits per heavy atom. The highest BCUT2D eigenvalue weighted by molar-refractivity contribution is 5.82. The maximum atomic E-state index is 11.7. The van der Waals surface area contributed by atoms with Gasteiger partial charge in [-0.15, -0.1) is 0 Å². The van der Waals surface area contributed by atoms with Crippen LogP contribution in [0.15, 0.2) is 30.3 Å². The molecule has 0 spiro atoms. The van der Waals surface area contributed by atoms with E-state index in [4.69, 9.17) is 0 Å². The van der Waals surface area contributed by atoms with E-state index in [0.717, 1.165) is 18.5 Å². The lowest BCUT2D eigenvalue weighted by Gasteiger charge is -2.05. The minimum absolute atomic E-state index is 0.319. The SMILES string of the molecule is CCCCCCCCCCC(=O)CNc1ccccc1. The quantitative estimate of drug-likeness (QED) is 0.531. The minimum atomic E-state index is 0.319. The molecule has 0 saturated carbocycles. The lowest BCUT2D eigenvalue weighted by Crippen LogP contribution is -2.13. The fourth-order valence-corrected chi connectivity index (χ4v) is 2.30. The number of hydrogen-bond acceptors (Lipinski definition) is 2. The lowest BCUT2D eigenvalue weighted by atomic mass is 10.1. The second-order valence-electron chi connectivity index (χ2n) is 5.48. The Morgan fingerprint density at radius 2 is 1.50 bits per heavy atom. The molecule has 0 atom stereocenters. The summed E-state index contributed by atoms with van der Waals surface area (Å²) < 4.78 is 0. The zero-order chi connectivity index (χ0) is 14.5. The van der Waals surface area contributed by atoms with E-state index in [-0.39, 0.29) is 0 Å². The van der Waals surface area contributed by atoms with Gasteiger partial charge in [0.25, 0.3) is 0 Å². The van der Waals surface area contributed by atoms with Crippen LogP contribution < -0.4 is 5.32 Å². The van der Waals surface area contributed by atoms with Gasteiger partial charge in [0.05, 0.1) is 6.54 Å². The molecule has 0 heterocycles. The van der Waals surface area contributed by atoms with Gasteiger partial charge in [-0.3, -0.25) is 4.79 Å². The lowest BCUT2D eigenvalue weighted by molar-refractivity contribution is -0.117. The van der Waals surface area contributed by atoms with E-state index in [1.165, 1.54) is 44.9 Å². The molecule has 0 aliphatic carbocycles. The van der Waals surface area contributed by atoms with Crippen molar-refractivity contribution in [3.63, 3.8) is 0 Å². The van der Waals surface area contributed by atoms with Gasteiger partial charge in [0, 0.05) is 12.1 Å². The van der Waals surface area contributed by atoms with E-state index in [9.17, 15) is 4.79 Å². The Bertz CT molecular complexity index is 348. The molecule has 2 heteroatoms. The molecule has 0 aliphatic rings. The summed E-state index contributed by atoms with van der Waals surface area (Å²) in [5.74, 6) is 0.319. The first-order valence-electron chi connectivity index (χ1n) is 8.13. The molecule has 0 saturated heterocycles. The summed E-state index contributed by atoms with van der Waals surface area (Å²) in [5, 5.41) is 3.17. The smallest absolute Gasteiger partial charge is 0.151 e.